The Hall–Kier alpha value is -3.32. The molecule has 3 aromatic rings. The summed E-state index contributed by atoms with van der Waals surface area (Å²) in [5.41, 5.74) is 3.36. The number of pyridine rings is 1. The number of ether oxygens (including phenoxy) is 1. The highest BCUT2D eigenvalue weighted by Gasteiger charge is 2.27. The highest BCUT2D eigenvalue weighted by atomic mass is 19.1. The third kappa shape index (κ3) is 4.02. The Morgan fingerprint density at radius 3 is 2.67 bits per heavy atom. The largest absolute Gasteiger partial charge is 0.449 e. The van der Waals surface area contributed by atoms with Gasteiger partial charge in [0.15, 0.2) is 6.10 Å². The number of esters is 1. The van der Waals surface area contributed by atoms with E-state index in [1.54, 1.807) is 0 Å². The van der Waals surface area contributed by atoms with Gasteiger partial charge in [-0.05, 0) is 44.3 Å². The molecule has 0 bridgehead atoms. The Morgan fingerprint density at radius 1 is 1.17 bits per heavy atom. The summed E-state index contributed by atoms with van der Waals surface area (Å²) >= 11 is 0. The molecule has 154 valence electrons. The molecule has 0 spiro atoms. The van der Waals surface area contributed by atoms with Crippen molar-refractivity contribution in [2.45, 2.75) is 26.0 Å². The van der Waals surface area contributed by atoms with Gasteiger partial charge in [0.2, 0.25) is 0 Å². The van der Waals surface area contributed by atoms with Crippen LogP contribution in [0.15, 0.2) is 48.5 Å². The molecule has 1 atom stereocenters. The van der Waals surface area contributed by atoms with Crippen LogP contribution in [0.2, 0.25) is 0 Å². The van der Waals surface area contributed by atoms with Gasteiger partial charge in [0, 0.05) is 41.8 Å². The first kappa shape index (κ1) is 20.0. The molecule has 4 rings (SSSR count). The maximum Gasteiger partial charge on any atom is 0.339 e. The summed E-state index contributed by atoms with van der Waals surface area (Å²) in [7, 11) is 1.99. The summed E-state index contributed by atoms with van der Waals surface area (Å²) in [6.45, 7) is 2.97. The number of fused-ring (bicyclic) bond motifs is 2. The first-order chi connectivity index (χ1) is 14.4. The van der Waals surface area contributed by atoms with Gasteiger partial charge in [-0.1, -0.05) is 18.2 Å². The number of aromatic nitrogens is 1. The van der Waals surface area contributed by atoms with Gasteiger partial charge in [0.25, 0.3) is 5.91 Å². The summed E-state index contributed by atoms with van der Waals surface area (Å²) in [4.78, 5) is 32.5. The molecule has 0 saturated carbocycles. The minimum atomic E-state index is -1.02. The molecular formula is C23H22FN3O3. The van der Waals surface area contributed by atoms with Gasteiger partial charge in [-0.15, -0.1) is 0 Å². The minimum absolute atomic E-state index is 0.396. The van der Waals surface area contributed by atoms with E-state index in [1.807, 2.05) is 31.3 Å². The number of halogens is 1. The topological polar surface area (TPSA) is 71.5 Å². The van der Waals surface area contributed by atoms with E-state index in [1.165, 1.54) is 31.2 Å². The van der Waals surface area contributed by atoms with E-state index in [-0.39, 0.29) is 0 Å². The number of para-hydroxylation sites is 1. The average Bonchev–Trinajstić information content (AvgIpc) is 2.73. The summed E-state index contributed by atoms with van der Waals surface area (Å²) in [6, 6.07) is 12.8. The standard InChI is InChI=1S/C23H22FN3O3/c1-14(22(28)25-16-9-7-15(24)8-10-16)30-23(29)21-17-5-3-4-6-19(17)26-20-11-12-27(2)13-18(20)21/h3-10,14H,11-13H2,1-2H3,(H,25,28). The second kappa shape index (κ2) is 8.20. The van der Waals surface area contributed by atoms with Gasteiger partial charge in [0.05, 0.1) is 11.1 Å². The zero-order valence-corrected chi connectivity index (χ0v) is 16.8. The Kier molecular flexibility index (Phi) is 5.46. The van der Waals surface area contributed by atoms with E-state index in [9.17, 15) is 14.0 Å². The van der Waals surface area contributed by atoms with Crippen molar-refractivity contribution in [3.05, 3.63) is 71.2 Å². The number of rotatable bonds is 4. The molecule has 0 fully saturated rings. The second-order valence-corrected chi connectivity index (χ2v) is 7.46. The predicted octanol–water partition coefficient (Wildman–Crippen LogP) is 3.55. The van der Waals surface area contributed by atoms with Crippen LogP contribution >= 0.6 is 0 Å². The Labute approximate surface area is 173 Å². The molecule has 1 aromatic heterocycles. The van der Waals surface area contributed by atoms with Gasteiger partial charge in [0.1, 0.15) is 5.82 Å². The van der Waals surface area contributed by atoms with Crippen LogP contribution in [0.4, 0.5) is 10.1 Å². The van der Waals surface area contributed by atoms with Crippen molar-refractivity contribution in [2.75, 3.05) is 18.9 Å². The van der Waals surface area contributed by atoms with Crippen LogP contribution in [-0.4, -0.2) is 41.5 Å². The van der Waals surface area contributed by atoms with Gasteiger partial charge in [-0.2, -0.15) is 0 Å². The number of nitrogens with zero attached hydrogens (tertiary/aromatic N) is 2. The lowest BCUT2D eigenvalue weighted by Crippen LogP contribution is -2.32. The minimum Gasteiger partial charge on any atom is -0.449 e. The third-order valence-electron chi connectivity index (χ3n) is 5.21. The lowest BCUT2D eigenvalue weighted by Gasteiger charge is -2.27. The number of amides is 1. The van der Waals surface area contributed by atoms with Gasteiger partial charge >= 0.3 is 5.97 Å². The summed E-state index contributed by atoms with van der Waals surface area (Å²) in [5.74, 6) is -1.44. The lowest BCUT2D eigenvalue weighted by atomic mass is 9.96. The number of benzene rings is 2. The zero-order chi connectivity index (χ0) is 21.3. The van der Waals surface area contributed by atoms with E-state index in [4.69, 9.17) is 9.72 Å². The monoisotopic (exact) mass is 407 g/mol. The number of carbonyl (C=O) groups is 2. The van der Waals surface area contributed by atoms with E-state index in [0.29, 0.717) is 23.2 Å². The summed E-state index contributed by atoms with van der Waals surface area (Å²) < 4.78 is 18.6. The maximum atomic E-state index is 13.2. The molecule has 0 aliphatic carbocycles. The van der Waals surface area contributed by atoms with Crippen molar-refractivity contribution in [1.82, 2.24) is 9.88 Å². The number of nitrogens with one attached hydrogen (secondary N) is 1. The average molecular weight is 407 g/mol. The van der Waals surface area contributed by atoms with Crippen LogP contribution in [0.25, 0.3) is 10.9 Å². The first-order valence-electron chi connectivity index (χ1n) is 9.79. The number of likely N-dealkylation sites (N-methyl/N-ethyl adjacent to an activating group) is 1. The van der Waals surface area contributed by atoms with Crippen molar-refractivity contribution in [3.8, 4) is 0 Å². The molecule has 30 heavy (non-hydrogen) atoms. The second-order valence-electron chi connectivity index (χ2n) is 7.46. The van der Waals surface area contributed by atoms with Crippen LogP contribution in [0, 0.1) is 5.82 Å². The zero-order valence-electron chi connectivity index (χ0n) is 16.8. The third-order valence-corrected chi connectivity index (χ3v) is 5.21. The van der Waals surface area contributed by atoms with Crippen LogP contribution < -0.4 is 5.32 Å². The molecule has 1 amide bonds. The van der Waals surface area contributed by atoms with E-state index in [0.717, 1.165) is 29.7 Å². The molecule has 0 saturated heterocycles. The van der Waals surface area contributed by atoms with Crippen LogP contribution in [0.3, 0.4) is 0 Å². The quantitative estimate of drug-likeness (QED) is 0.670. The fourth-order valence-corrected chi connectivity index (χ4v) is 3.61. The molecule has 1 unspecified atom stereocenters. The Morgan fingerprint density at radius 2 is 1.90 bits per heavy atom. The molecule has 1 N–H and O–H groups in total. The van der Waals surface area contributed by atoms with Gasteiger partial charge in [-0.3, -0.25) is 9.78 Å². The molecule has 2 aromatic carbocycles. The normalized spacial score (nSPS) is 14.8. The molecule has 7 heteroatoms. The van der Waals surface area contributed by atoms with Crippen molar-refractivity contribution in [1.29, 1.82) is 0 Å². The first-order valence-corrected chi connectivity index (χ1v) is 9.79. The number of hydrogen-bond acceptors (Lipinski definition) is 5. The lowest BCUT2D eigenvalue weighted by molar-refractivity contribution is -0.123. The summed E-state index contributed by atoms with van der Waals surface area (Å²) in [6.07, 6.45) is -0.274. The fraction of sp³-hybridized carbons (Fsp3) is 0.261. The van der Waals surface area contributed by atoms with E-state index >= 15 is 0 Å². The molecule has 2 heterocycles. The summed E-state index contributed by atoms with van der Waals surface area (Å²) in [5, 5.41) is 3.34. The van der Waals surface area contributed by atoms with Crippen molar-refractivity contribution < 1.29 is 18.7 Å². The van der Waals surface area contributed by atoms with Crippen LogP contribution in [-0.2, 0) is 22.5 Å². The SMILES string of the molecule is CC(OC(=O)c1c2c(nc3ccccc13)CCN(C)C2)C(=O)Nc1ccc(F)cc1. The number of anilines is 1. The van der Waals surface area contributed by atoms with Crippen molar-refractivity contribution in [3.63, 3.8) is 0 Å². The van der Waals surface area contributed by atoms with Crippen LogP contribution in [0.1, 0.15) is 28.5 Å². The predicted molar refractivity (Wildman–Crippen MR) is 112 cm³/mol. The van der Waals surface area contributed by atoms with E-state index < -0.39 is 23.8 Å². The maximum absolute atomic E-state index is 13.2. The number of carbonyl (C=O) groups excluding carboxylic acids is 2. The highest BCUT2D eigenvalue weighted by Crippen LogP contribution is 2.28. The Bertz CT molecular complexity index is 1110. The fourth-order valence-electron chi connectivity index (χ4n) is 3.61. The molecule has 1 aliphatic rings. The molecule has 1 aliphatic heterocycles. The highest BCUT2D eigenvalue weighted by molar-refractivity contribution is 6.06. The van der Waals surface area contributed by atoms with Crippen molar-refractivity contribution >= 4 is 28.5 Å². The van der Waals surface area contributed by atoms with Gasteiger partial charge < -0.3 is 15.0 Å². The Balaban J connectivity index is 1.60. The van der Waals surface area contributed by atoms with Gasteiger partial charge in [-0.25, -0.2) is 9.18 Å². The molecule has 0 radical (unpaired) electrons. The van der Waals surface area contributed by atoms with E-state index in [2.05, 4.69) is 10.2 Å². The smallest absolute Gasteiger partial charge is 0.339 e. The number of hydrogen-bond donors (Lipinski definition) is 1. The molecular weight excluding hydrogens is 385 g/mol. The molecule has 6 nitrogen and oxygen atoms in total. The van der Waals surface area contributed by atoms with Crippen LogP contribution in [0.5, 0.6) is 0 Å². The van der Waals surface area contributed by atoms with Crippen molar-refractivity contribution in [2.24, 2.45) is 0 Å².